The molecule has 0 aliphatic carbocycles. The maximum absolute atomic E-state index is 11.9. The first-order valence-electron chi connectivity index (χ1n) is 5.75. The third-order valence-corrected chi connectivity index (χ3v) is 3.10. The average Bonchev–Trinajstić information content (AvgIpc) is 2.64. The van der Waals surface area contributed by atoms with Crippen molar-refractivity contribution in [2.24, 2.45) is 5.92 Å². The molecule has 1 aliphatic heterocycles. The highest BCUT2D eigenvalue weighted by atomic mass is 16.3. The van der Waals surface area contributed by atoms with Crippen LogP contribution in [0.1, 0.15) is 18.4 Å². The van der Waals surface area contributed by atoms with Crippen LogP contribution in [0.25, 0.3) is 0 Å². The van der Waals surface area contributed by atoms with Crippen molar-refractivity contribution < 1.29 is 9.90 Å². The van der Waals surface area contributed by atoms with Gasteiger partial charge in [0.2, 0.25) is 5.91 Å². The second kappa shape index (κ2) is 5.12. The van der Waals surface area contributed by atoms with Gasteiger partial charge in [-0.1, -0.05) is 30.3 Å². The lowest BCUT2D eigenvalue weighted by molar-refractivity contribution is -0.131. The second-order valence-electron chi connectivity index (χ2n) is 4.24. The van der Waals surface area contributed by atoms with Crippen molar-refractivity contribution in [2.75, 3.05) is 13.2 Å². The highest BCUT2D eigenvalue weighted by Gasteiger charge is 2.30. The number of hydrogen-bond acceptors (Lipinski definition) is 2. The summed E-state index contributed by atoms with van der Waals surface area (Å²) in [7, 11) is 0. The van der Waals surface area contributed by atoms with Crippen molar-refractivity contribution in [2.45, 2.75) is 19.4 Å². The zero-order valence-electron chi connectivity index (χ0n) is 9.30. The molecule has 1 unspecified atom stereocenters. The predicted molar refractivity (Wildman–Crippen MR) is 61.7 cm³/mol. The normalized spacial score (nSPS) is 20.4. The monoisotopic (exact) mass is 219 g/mol. The van der Waals surface area contributed by atoms with E-state index in [1.54, 1.807) is 0 Å². The summed E-state index contributed by atoms with van der Waals surface area (Å²) < 4.78 is 0. The van der Waals surface area contributed by atoms with E-state index in [0.717, 1.165) is 13.0 Å². The van der Waals surface area contributed by atoms with E-state index in [9.17, 15) is 4.79 Å². The van der Waals surface area contributed by atoms with Gasteiger partial charge >= 0.3 is 0 Å². The summed E-state index contributed by atoms with van der Waals surface area (Å²) in [5.41, 5.74) is 1.17. The number of benzene rings is 1. The van der Waals surface area contributed by atoms with E-state index in [2.05, 4.69) is 0 Å². The molecular weight excluding hydrogens is 202 g/mol. The zero-order chi connectivity index (χ0) is 11.4. The minimum absolute atomic E-state index is 0.0358. The van der Waals surface area contributed by atoms with E-state index >= 15 is 0 Å². The van der Waals surface area contributed by atoms with Crippen molar-refractivity contribution in [1.29, 1.82) is 0 Å². The Hall–Kier alpha value is -1.35. The van der Waals surface area contributed by atoms with E-state index in [1.165, 1.54) is 5.56 Å². The Kier molecular flexibility index (Phi) is 3.57. The van der Waals surface area contributed by atoms with Gasteiger partial charge in [0.15, 0.2) is 0 Å². The fourth-order valence-corrected chi connectivity index (χ4v) is 2.19. The van der Waals surface area contributed by atoms with Crippen LogP contribution in [0.15, 0.2) is 30.3 Å². The minimum atomic E-state index is 0.0358. The molecule has 0 saturated carbocycles. The van der Waals surface area contributed by atoms with Crippen LogP contribution in [0.4, 0.5) is 0 Å². The maximum atomic E-state index is 11.9. The number of nitrogens with zero attached hydrogens (tertiary/aromatic N) is 1. The van der Waals surface area contributed by atoms with Gasteiger partial charge in [-0.15, -0.1) is 0 Å². The number of rotatable bonds is 4. The van der Waals surface area contributed by atoms with Gasteiger partial charge < -0.3 is 10.0 Å². The minimum Gasteiger partial charge on any atom is -0.396 e. The average molecular weight is 219 g/mol. The molecule has 0 spiro atoms. The molecule has 0 aromatic heterocycles. The molecule has 1 aromatic carbocycles. The van der Waals surface area contributed by atoms with Gasteiger partial charge in [0.05, 0.1) is 0 Å². The standard InChI is InChI=1S/C13H17NO2/c15-9-7-12-6-8-14(13(12)16)10-11-4-2-1-3-5-11/h1-5,12,15H,6-10H2. The van der Waals surface area contributed by atoms with Gasteiger partial charge in [-0.3, -0.25) is 4.79 Å². The molecule has 1 saturated heterocycles. The summed E-state index contributed by atoms with van der Waals surface area (Å²) in [5.74, 6) is 0.228. The largest absolute Gasteiger partial charge is 0.396 e. The number of aliphatic hydroxyl groups is 1. The molecule has 3 nitrogen and oxygen atoms in total. The third-order valence-electron chi connectivity index (χ3n) is 3.10. The Morgan fingerprint density at radius 3 is 2.75 bits per heavy atom. The SMILES string of the molecule is O=C1C(CCO)CCN1Cc1ccccc1. The van der Waals surface area contributed by atoms with Crippen LogP contribution in [-0.4, -0.2) is 29.1 Å². The van der Waals surface area contributed by atoms with Crippen LogP contribution in [0.2, 0.25) is 0 Å². The third kappa shape index (κ3) is 2.42. The lowest BCUT2D eigenvalue weighted by Crippen LogP contribution is -2.27. The Balaban J connectivity index is 1.95. The summed E-state index contributed by atoms with van der Waals surface area (Å²) in [6.45, 7) is 1.62. The van der Waals surface area contributed by atoms with Gasteiger partial charge in [0.1, 0.15) is 0 Å². The molecule has 1 fully saturated rings. The van der Waals surface area contributed by atoms with Crippen LogP contribution >= 0.6 is 0 Å². The molecule has 1 amide bonds. The van der Waals surface area contributed by atoms with Gasteiger partial charge in [-0.25, -0.2) is 0 Å². The maximum Gasteiger partial charge on any atom is 0.226 e. The molecule has 1 atom stereocenters. The van der Waals surface area contributed by atoms with Crippen molar-refractivity contribution >= 4 is 5.91 Å². The highest BCUT2D eigenvalue weighted by Crippen LogP contribution is 2.22. The number of likely N-dealkylation sites (tertiary alicyclic amines) is 1. The van der Waals surface area contributed by atoms with Gasteiger partial charge in [0, 0.05) is 25.6 Å². The lowest BCUT2D eigenvalue weighted by atomic mass is 10.1. The van der Waals surface area contributed by atoms with E-state index in [4.69, 9.17) is 5.11 Å². The molecule has 86 valence electrons. The fraction of sp³-hybridized carbons (Fsp3) is 0.462. The van der Waals surface area contributed by atoms with Crippen molar-refractivity contribution in [3.63, 3.8) is 0 Å². The number of carbonyl (C=O) groups is 1. The smallest absolute Gasteiger partial charge is 0.226 e. The lowest BCUT2D eigenvalue weighted by Gasteiger charge is -2.16. The number of hydrogen-bond donors (Lipinski definition) is 1. The van der Waals surface area contributed by atoms with E-state index < -0.39 is 0 Å². The Labute approximate surface area is 95.7 Å². The van der Waals surface area contributed by atoms with Crippen LogP contribution < -0.4 is 0 Å². The summed E-state index contributed by atoms with van der Waals surface area (Å²) in [6, 6.07) is 10.0. The first-order chi connectivity index (χ1) is 7.81. The predicted octanol–water partition coefficient (Wildman–Crippen LogP) is 1.42. The first-order valence-corrected chi connectivity index (χ1v) is 5.75. The van der Waals surface area contributed by atoms with Crippen LogP contribution in [-0.2, 0) is 11.3 Å². The van der Waals surface area contributed by atoms with E-state index in [-0.39, 0.29) is 18.4 Å². The second-order valence-corrected chi connectivity index (χ2v) is 4.24. The molecule has 1 aliphatic rings. The number of aliphatic hydroxyl groups excluding tert-OH is 1. The molecule has 0 bridgehead atoms. The quantitative estimate of drug-likeness (QED) is 0.832. The van der Waals surface area contributed by atoms with Gasteiger partial charge in [0.25, 0.3) is 0 Å². The molecule has 1 heterocycles. The van der Waals surface area contributed by atoms with Gasteiger partial charge in [-0.05, 0) is 18.4 Å². The Morgan fingerprint density at radius 2 is 2.06 bits per heavy atom. The summed E-state index contributed by atoms with van der Waals surface area (Å²) in [4.78, 5) is 13.8. The molecule has 3 heteroatoms. The van der Waals surface area contributed by atoms with Crippen molar-refractivity contribution in [1.82, 2.24) is 4.90 Å². The van der Waals surface area contributed by atoms with Gasteiger partial charge in [-0.2, -0.15) is 0 Å². The summed E-state index contributed by atoms with van der Waals surface area (Å²) in [5, 5.41) is 8.85. The molecule has 16 heavy (non-hydrogen) atoms. The molecular formula is C13H17NO2. The highest BCUT2D eigenvalue weighted by molar-refractivity contribution is 5.80. The molecule has 1 aromatic rings. The Bertz CT molecular complexity index is 350. The summed E-state index contributed by atoms with van der Waals surface area (Å²) >= 11 is 0. The number of carbonyl (C=O) groups excluding carboxylic acids is 1. The fourth-order valence-electron chi connectivity index (χ4n) is 2.19. The first kappa shape index (κ1) is 11.1. The number of amides is 1. The van der Waals surface area contributed by atoms with Crippen LogP contribution in [0.3, 0.4) is 0 Å². The van der Waals surface area contributed by atoms with Crippen LogP contribution in [0, 0.1) is 5.92 Å². The van der Waals surface area contributed by atoms with Crippen LogP contribution in [0.5, 0.6) is 0 Å². The zero-order valence-corrected chi connectivity index (χ0v) is 9.30. The van der Waals surface area contributed by atoms with Crippen molar-refractivity contribution in [3.05, 3.63) is 35.9 Å². The van der Waals surface area contributed by atoms with E-state index in [1.807, 2.05) is 35.2 Å². The molecule has 0 radical (unpaired) electrons. The van der Waals surface area contributed by atoms with E-state index in [0.29, 0.717) is 13.0 Å². The molecule has 2 rings (SSSR count). The molecule has 1 N–H and O–H groups in total. The summed E-state index contributed by atoms with van der Waals surface area (Å²) in [6.07, 6.45) is 1.48. The topological polar surface area (TPSA) is 40.5 Å². The van der Waals surface area contributed by atoms with Crippen molar-refractivity contribution in [3.8, 4) is 0 Å². The Morgan fingerprint density at radius 1 is 1.31 bits per heavy atom.